The summed E-state index contributed by atoms with van der Waals surface area (Å²) in [5.41, 5.74) is 0.615. The van der Waals surface area contributed by atoms with Gasteiger partial charge in [-0.2, -0.15) is 0 Å². The van der Waals surface area contributed by atoms with Crippen molar-refractivity contribution in [1.82, 2.24) is 0 Å². The van der Waals surface area contributed by atoms with E-state index in [2.05, 4.69) is 0 Å². The number of hydrogen-bond acceptors (Lipinski definition) is 2. The molecule has 1 rings (SSSR count). The average Bonchev–Trinajstić information content (AvgIpc) is 2.01. The van der Waals surface area contributed by atoms with E-state index in [1.54, 1.807) is 0 Å². The van der Waals surface area contributed by atoms with Crippen LogP contribution >= 0.6 is 10.7 Å². The summed E-state index contributed by atoms with van der Waals surface area (Å²) in [5, 5.41) is 0. The van der Waals surface area contributed by atoms with Gasteiger partial charge in [0.15, 0.2) is 0 Å². The summed E-state index contributed by atoms with van der Waals surface area (Å²) in [6.45, 7) is 3.69. The molecule has 0 heterocycles. The first-order chi connectivity index (χ1) is 6.30. The van der Waals surface area contributed by atoms with Crippen LogP contribution in [0.4, 0.5) is 4.39 Å². The number of halogens is 2. The molecule has 2 nitrogen and oxygen atoms in total. The van der Waals surface area contributed by atoms with Crippen molar-refractivity contribution < 1.29 is 12.8 Å². The highest BCUT2D eigenvalue weighted by Gasteiger charge is 2.13. The second-order valence-corrected chi connectivity index (χ2v) is 5.88. The van der Waals surface area contributed by atoms with Crippen molar-refractivity contribution in [2.75, 3.05) is 0 Å². The van der Waals surface area contributed by atoms with Crippen molar-refractivity contribution in [3.05, 3.63) is 29.6 Å². The van der Waals surface area contributed by atoms with E-state index >= 15 is 0 Å². The lowest BCUT2D eigenvalue weighted by atomic mass is 10.0. The van der Waals surface area contributed by atoms with Crippen molar-refractivity contribution in [2.45, 2.75) is 24.7 Å². The van der Waals surface area contributed by atoms with Crippen molar-refractivity contribution in [3.8, 4) is 0 Å². The van der Waals surface area contributed by atoms with E-state index in [1.165, 1.54) is 12.1 Å². The van der Waals surface area contributed by atoms with Gasteiger partial charge < -0.3 is 0 Å². The smallest absolute Gasteiger partial charge is 0.207 e. The van der Waals surface area contributed by atoms with Crippen LogP contribution < -0.4 is 0 Å². The summed E-state index contributed by atoms with van der Waals surface area (Å²) in [4.78, 5) is -0.192. The fraction of sp³-hybridized carbons (Fsp3) is 0.333. The molecule has 0 aliphatic carbocycles. The Kier molecular flexibility index (Phi) is 3.17. The van der Waals surface area contributed by atoms with Crippen molar-refractivity contribution in [1.29, 1.82) is 0 Å². The molecule has 0 atom stereocenters. The normalized spacial score (nSPS) is 12.1. The van der Waals surface area contributed by atoms with Crippen LogP contribution in [0.2, 0.25) is 0 Å². The lowest BCUT2D eigenvalue weighted by Gasteiger charge is -2.06. The van der Waals surface area contributed by atoms with Gasteiger partial charge in [0.2, 0.25) is 0 Å². The van der Waals surface area contributed by atoms with E-state index in [4.69, 9.17) is 10.7 Å². The molecule has 1 aromatic rings. The van der Waals surface area contributed by atoms with Gasteiger partial charge in [0, 0.05) is 10.7 Å². The molecule has 0 saturated heterocycles. The highest BCUT2D eigenvalue weighted by molar-refractivity contribution is 8.13. The molecule has 0 spiro atoms. The Morgan fingerprint density at radius 2 is 1.86 bits per heavy atom. The molecule has 0 bridgehead atoms. The summed E-state index contributed by atoms with van der Waals surface area (Å²) >= 11 is 0. The van der Waals surface area contributed by atoms with E-state index < -0.39 is 14.9 Å². The van der Waals surface area contributed by atoms with Crippen LogP contribution in [0.3, 0.4) is 0 Å². The number of rotatable bonds is 2. The molecule has 0 aliphatic rings. The average molecular weight is 237 g/mol. The second-order valence-electron chi connectivity index (χ2n) is 3.31. The second kappa shape index (κ2) is 3.87. The molecule has 0 N–H and O–H groups in total. The Balaban J connectivity index is 3.35. The lowest BCUT2D eigenvalue weighted by Crippen LogP contribution is -1.96. The van der Waals surface area contributed by atoms with Crippen LogP contribution in [0.1, 0.15) is 25.3 Å². The molecule has 0 radical (unpaired) electrons. The summed E-state index contributed by atoms with van der Waals surface area (Å²) in [7, 11) is 1.26. The molecule has 0 unspecified atom stereocenters. The highest BCUT2D eigenvalue weighted by atomic mass is 35.7. The highest BCUT2D eigenvalue weighted by Crippen LogP contribution is 2.22. The van der Waals surface area contributed by atoms with Gasteiger partial charge in [0.25, 0.3) is 9.05 Å². The first kappa shape index (κ1) is 11.5. The minimum absolute atomic E-state index is 0.0582. The zero-order valence-electron chi connectivity index (χ0n) is 7.79. The minimum atomic E-state index is -3.85. The monoisotopic (exact) mass is 236 g/mol. The van der Waals surface area contributed by atoms with Gasteiger partial charge in [-0.1, -0.05) is 13.8 Å². The van der Waals surface area contributed by atoms with E-state index in [-0.39, 0.29) is 10.8 Å². The van der Waals surface area contributed by atoms with E-state index in [9.17, 15) is 12.8 Å². The van der Waals surface area contributed by atoms with Crippen LogP contribution in [-0.2, 0) is 9.05 Å². The Hall–Kier alpha value is -0.610. The van der Waals surface area contributed by atoms with Crippen LogP contribution in [-0.4, -0.2) is 8.42 Å². The molecule has 0 aromatic heterocycles. The van der Waals surface area contributed by atoms with Gasteiger partial charge in [0.05, 0.1) is 4.90 Å². The molecule has 5 heteroatoms. The first-order valence-corrected chi connectivity index (χ1v) is 6.37. The molecule has 0 saturated carbocycles. The predicted molar refractivity (Wildman–Crippen MR) is 53.5 cm³/mol. The zero-order chi connectivity index (χ0) is 10.9. The largest absolute Gasteiger partial charge is 0.261 e. The third-order valence-electron chi connectivity index (χ3n) is 1.84. The Labute approximate surface area is 87.1 Å². The fourth-order valence-electron chi connectivity index (χ4n) is 1.06. The van der Waals surface area contributed by atoms with Crippen LogP contribution in [0, 0.1) is 5.82 Å². The topological polar surface area (TPSA) is 34.1 Å². The van der Waals surface area contributed by atoms with Gasteiger partial charge in [-0.3, -0.25) is 0 Å². The minimum Gasteiger partial charge on any atom is -0.207 e. The number of hydrogen-bond donors (Lipinski definition) is 0. The van der Waals surface area contributed by atoms with Crippen molar-refractivity contribution in [3.63, 3.8) is 0 Å². The maximum absolute atomic E-state index is 13.0. The molecular formula is C9H10ClFO2S. The third-order valence-corrected chi connectivity index (χ3v) is 3.18. The first-order valence-electron chi connectivity index (χ1n) is 4.06. The summed E-state index contributed by atoms with van der Waals surface area (Å²) in [6, 6.07) is 3.60. The summed E-state index contributed by atoms with van der Waals surface area (Å²) in [6.07, 6.45) is 0. The van der Waals surface area contributed by atoms with Gasteiger partial charge in [-0.15, -0.1) is 0 Å². The maximum Gasteiger partial charge on any atom is 0.261 e. The summed E-state index contributed by atoms with van der Waals surface area (Å²) < 4.78 is 34.9. The van der Waals surface area contributed by atoms with Crippen molar-refractivity contribution >= 4 is 19.7 Å². The Morgan fingerprint density at radius 1 is 1.29 bits per heavy atom. The molecule has 1 aromatic carbocycles. The van der Waals surface area contributed by atoms with Crippen LogP contribution in [0.5, 0.6) is 0 Å². The molecule has 0 amide bonds. The number of benzene rings is 1. The molecule has 14 heavy (non-hydrogen) atoms. The summed E-state index contributed by atoms with van der Waals surface area (Å²) in [5.74, 6) is -0.529. The standard InChI is InChI=1S/C9H10ClFO2S/c1-6(2)7-3-8(11)5-9(4-7)14(10,12)13/h3-6H,1-2H3. The Bertz CT molecular complexity index is 440. The molecule has 0 fully saturated rings. The van der Waals surface area contributed by atoms with Gasteiger partial charge in [-0.25, -0.2) is 12.8 Å². The maximum atomic E-state index is 13.0. The van der Waals surface area contributed by atoms with Gasteiger partial charge in [-0.05, 0) is 29.7 Å². The lowest BCUT2D eigenvalue weighted by molar-refractivity contribution is 0.600. The third kappa shape index (κ3) is 2.69. The molecule has 78 valence electrons. The van der Waals surface area contributed by atoms with Gasteiger partial charge >= 0.3 is 0 Å². The molecule has 0 aliphatic heterocycles. The SMILES string of the molecule is CC(C)c1cc(F)cc(S(=O)(=O)Cl)c1. The van der Waals surface area contributed by atoms with E-state index in [0.717, 1.165) is 6.07 Å². The van der Waals surface area contributed by atoms with Gasteiger partial charge in [0.1, 0.15) is 5.82 Å². The van der Waals surface area contributed by atoms with Crippen molar-refractivity contribution in [2.24, 2.45) is 0 Å². The van der Waals surface area contributed by atoms with Crippen LogP contribution in [0.25, 0.3) is 0 Å². The van der Waals surface area contributed by atoms with Crippen LogP contribution in [0.15, 0.2) is 23.1 Å². The predicted octanol–water partition coefficient (Wildman–Crippen LogP) is 2.88. The fourth-order valence-corrected chi connectivity index (χ4v) is 1.86. The zero-order valence-corrected chi connectivity index (χ0v) is 9.36. The Morgan fingerprint density at radius 3 is 2.29 bits per heavy atom. The van der Waals surface area contributed by atoms with E-state index in [1.807, 2.05) is 13.8 Å². The van der Waals surface area contributed by atoms with E-state index in [0.29, 0.717) is 5.56 Å². The molecular weight excluding hydrogens is 227 g/mol. The quantitative estimate of drug-likeness (QED) is 0.740.